The molecule has 0 N–H and O–H groups in total. The van der Waals surface area contributed by atoms with Crippen molar-refractivity contribution >= 4 is 28.9 Å². The largest absolute Gasteiger partial charge is 0.468 e. The van der Waals surface area contributed by atoms with E-state index < -0.39 is 5.41 Å². The van der Waals surface area contributed by atoms with Gasteiger partial charge in [-0.25, -0.2) is 0 Å². The number of ether oxygens (including phenoxy) is 1. The Morgan fingerprint density at radius 3 is 2.59 bits per heavy atom. The van der Waals surface area contributed by atoms with Gasteiger partial charge in [-0.05, 0) is 42.5 Å². The molecular weight excluding hydrogens is 300 g/mol. The number of carbonyl (C=O) groups is 2. The average molecular weight is 321 g/mol. The SMILES string of the molecule is CC.COC(=O)C12CCC(=O)C=C1c1c(Cl)cccc1CC2. The zero-order chi connectivity index (χ0) is 16.3. The molecule has 1 unspecified atom stereocenters. The van der Waals surface area contributed by atoms with Crippen LogP contribution in [0.4, 0.5) is 0 Å². The molecule has 2 aliphatic carbocycles. The Balaban J connectivity index is 0.000000847. The first-order valence-electron chi connectivity index (χ1n) is 7.70. The van der Waals surface area contributed by atoms with Gasteiger partial charge in [0.1, 0.15) is 0 Å². The number of benzene rings is 1. The third-order valence-corrected chi connectivity index (χ3v) is 4.70. The smallest absolute Gasteiger partial charge is 0.316 e. The van der Waals surface area contributed by atoms with Crippen molar-refractivity contribution in [3.63, 3.8) is 0 Å². The Morgan fingerprint density at radius 1 is 1.23 bits per heavy atom. The van der Waals surface area contributed by atoms with E-state index in [1.807, 2.05) is 26.0 Å². The van der Waals surface area contributed by atoms with Crippen LogP contribution in [0.1, 0.15) is 44.2 Å². The Morgan fingerprint density at radius 2 is 1.91 bits per heavy atom. The van der Waals surface area contributed by atoms with E-state index in [0.29, 0.717) is 24.3 Å². The zero-order valence-corrected chi connectivity index (χ0v) is 14.0. The second-order valence-electron chi connectivity index (χ2n) is 5.37. The van der Waals surface area contributed by atoms with E-state index in [2.05, 4.69) is 0 Å². The molecule has 22 heavy (non-hydrogen) atoms. The highest BCUT2D eigenvalue weighted by molar-refractivity contribution is 6.33. The third-order valence-electron chi connectivity index (χ3n) is 4.39. The molecule has 0 heterocycles. The highest BCUT2D eigenvalue weighted by Gasteiger charge is 2.48. The van der Waals surface area contributed by atoms with Crippen molar-refractivity contribution in [2.75, 3.05) is 7.11 Å². The standard InChI is InChI=1S/C16H15ClO3.C2H6/c1-20-15(19)16-7-5-10-3-2-4-13(17)14(10)12(16)9-11(18)6-8-16;1-2/h2-4,9H,5-8H2,1H3;1-2H3. The van der Waals surface area contributed by atoms with Gasteiger partial charge in [0, 0.05) is 17.0 Å². The van der Waals surface area contributed by atoms with Gasteiger partial charge in [-0.2, -0.15) is 0 Å². The van der Waals surface area contributed by atoms with Crippen LogP contribution >= 0.6 is 11.6 Å². The van der Waals surface area contributed by atoms with Crippen molar-refractivity contribution in [1.29, 1.82) is 0 Å². The summed E-state index contributed by atoms with van der Waals surface area (Å²) in [6.45, 7) is 4.00. The molecule has 1 aromatic rings. The summed E-state index contributed by atoms with van der Waals surface area (Å²) in [6, 6.07) is 5.70. The summed E-state index contributed by atoms with van der Waals surface area (Å²) in [5.41, 5.74) is 1.98. The topological polar surface area (TPSA) is 43.4 Å². The predicted molar refractivity (Wildman–Crippen MR) is 87.8 cm³/mol. The Hall–Kier alpha value is -1.61. The normalized spacial score (nSPS) is 22.5. The van der Waals surface area contributed by atoms with Crippen LogP contribution < -0.4 is 0 Å². The lowest BCUT2D eigenvalue weighted by molar-refractivity contribution is -0.150. The number of carbonyl (C=O) groups excluding carboxylic acids is 2. The highest BCUT2D eigenvalue weighted by atomic mass is 35.5. The first-order chi connectivity index (χ1) is 10.6. The van der Waals surface area contributed by atoms with E-state index in [-0.39, 0.29) is 11.8 Å². The molecular formula is C18H21ClO3. The van der Waals surface area contributed by atoms with E-state index >= 15 is 0 Å². The highest BCUT2D eigenvalue weighted by Crippen LogP contribution is 2.52. The van der Waals surface area contributed by atoms with E-state index in [9.17, 15) is 9.59 Å². The third kappa shape index (κ3) is 2.58. The quantitative estimate of drug-likeness (QED) is 0.728. The molecule has 0 saturated heterocycles. The van der Waals surface area contributed by atoms with Gasteiger partial charge in [-0.15, -0.1) is 0 Å². The number of rotatable bonds is 1. The number of methoxy groups -OCH3 is 1. The number of hydrogen-bond donors (Lipinski definition) is 0. The molecule has 0 bridgehead atoms. The summed E-state index contributed by atoms with van der Waals surface area (Å²) in [4.78, 5) is 24.2. The lowest BCUT2D eigenvalue weighted by Crippen LogP contribution is -2.40. The molecule has 2 aliphatic rings. The minimum atomic E-state index is -0.708. The van der Waals surface area contributed by atoms with Crippen molar-refractivity contribution in [1.82, 2.24) is 0 Å². The van der Waals surface area contributed by atoms with E-state index in [1.54, 1.807) is 12.1 Å². The molecule has 1 atom stereocenters. The molecule has 0 spiro atoms. The second-order valence-corrected chi connectivity index (χ2v) is 5.78. The van der Waals surface area contributed by atoms with Crippen LogP contribution in [0.3, 0.4) is 0 Å². The fraction of sp³-hybridized carbons (Fsp3) is 0.444. The van der Waals surface area contributed by atoms with E-state index in [0.717, 1.165) is 23.1 Å². The number of aryl methyl sites for hydroxylation is 1. The van der Waals surface area contributed by atoms with Crippen LogP contribution in [0.2, 0.25) is 5.02 Å². The summed E-state index contributed by atoms with van der Waals surface area (Å²) in [5.74, 6) is -0.214. The van der Waals surface area contributed by atoms with E-state index in [4.69, 9.17) is 16.3 Å². The van der Waals surface area contributed by atoms with Crippen molar-refractivity contribution < 1.29 is 14.3 Å². The Labute approximate surface area is 136 Å². The fourth-order valence-electron chi connectivity index (χ4n) is 3.35. The van der Waals surface area contributed by atoms with Gasteiger partial charge in [-0.1, -0.05) is 37.6 Å². The summed E-state index contributed by atoms with van der Waals surface area (Å²) in [5, 5.41) is 0.594. The average Bonchev–Trinajstić information content (AvgIpc) is 2.56. The summed E-state index contributed by atoms with van der Waals surface area (Å²) in [6.07, 6.45) is 3.93. The van der Waals surface area contributed by atoms with Crippen molar-refractivity contribution in [2.45, 2.75) is 39.5 Å². The summed E-state index contributed by atoms with van der Waals surface area (Å²) in [7, 11) is 1.40. The van der Waals surface area contributed by atoms with Gasteiger partial charge in [-0.3, -0.25) is 9.59 Å². The first-order valence-corrected chi connectivity index (χ1v) is 8.07. The molecule has 1 aromatic carbocycles. The number of halogens is 1. The Kier molecular flexibility index (Phi) is 5.07. The number of esters is 1. The van der Waals surface area contributed by atoms with Gasteiger partial charge in [0.15, 0.2) is 5.78 Å². The maximum Gasteiger partial charge on any atom is 0.316 e. The number of hydrogen-bond acceptors (Lipinski definition) is 3. The number of ketones is 1. The van der Waals surface area contributed by atoms with Gasteiger partial charge >= 0.3 is 5.97 Å². The van der Waals surface area contributed by atoms with Crippen molar-refractivity contribution in [3.8, 4) is 0 Å². The summed E-state index contributed by atoms with van der Waals surface area (Å²) < 4.78 is 5.01. The first kappa shape index (κ1) is 16.8. The minimum absolute atomic E-state index is 0.0484. The number of allylic oxidation sites excluding steroid dienone is 1. The molecule has 0 saturated carbocycles. The lowest BCUT2D eigenvalue weighted by atomic mass is 9.63. The Bertz CT molecular complexity index is 633. The van der Waals surface area contributed by atoms with Crippen LogP contribution in [0.25, 0.3) is 5.57 Å². The molecule has 3 nitrogen and oxygen atoms in total. The van der Waals surface area contributed by atoms with Crippen molar-refractivity contribution in [2.24, 2.45) is 5.41 Å². The summed E-state index contributed by atoms with van der Waals surface area (Å²) >= 11 is 6.32. The predicted octanol–water partition coefficient (Wildman–Crippen LogP) is 4.22. The molecule has 4 heteroatoms. The van der Waals surface area contributed by atoms with Crippen LogP contribution in [0.5, 0.6) is 0 Å². The molecule has 0 amide bonds. The van der Waals surface area contributed by atoms with E-state index in [1.165, 1.54) is 7.11 Å². The molecule has 0 fully saturated rings. The van der Waals surface area contributed by atoms with Crippen LogP contribution in [-0.4, -0.2) is 18.9 Å². The van der Waals surface area contributed by atoms with Crippen LogP contribution in [0, 0.1) is 5.41 Å². The fourth-order valence-corrected chi connectivity index (χ4v) is 3.65. The molecule has 0 aromatic heterocycles. The molecule has 3 rings (SSSR count). The maximum absolute atomic E-state index is 12.3. The van der Waals surface area contributed by atoms with Crippen molar-refractivity contribution in [3.05, 3.63) is 40.4 Å². The van der Waals surface area contributed by atoms with Gasteiger partial charge in [0.2, 0.25) is 0 Å². The molecule has 0 aliphatic heterocycles. The van der Waals surface area contributed by atoms with Gasteiger partial charge in [0.25, 0.3) is 0 Å². The monoisotopic (exact) mass is 320 g/mol. The second kappa shape index (κ2) is 6.66. The van der Waals surface area contributed by atoms with Crippen LogP contribution in [-0.2, 0) is 20.7 Å². The molecule has 118 valence electrons. The maximum atomic E-state index is 12.3. The minimum Gasteiger partial charge on any atom is -0.468 e. The zero-order valence-electron chi connectivity index (χ0n) is 13.2. The molecule has 0 radical (unpaired) electrons. The van der Waals surface area contributed by atoms with Gasteiger partial charge < -0.3 is 4.74 Å². The van der Waals surface area contributed by atoms with Crippen LogP contribution in [0.15, 0.2) is 24.3 Å². The number of fused-ring (bicyclic) bond motifs is 3. The lowest BCUT2D eigenvalue weighted by Gasteiger charge is -2.40. The van der Waals surface area contributed by atoms with Gasteiger partial charge in [0.05, 0.1) is 12.5 Å².